The van der Waals surface area contributed by atoms with E-state index in [4.69, 9.17) is 11.3 Å². The van der Waals surface area contributed by atoms with Crippen LogP contribution in [0.5, 0.6) is 0 Å². The van der Waals surface area contributed by atoms with Crippen LogP contribution in [0, 0.1) is 12.4 Å². The summed E-state index contributed by atoms with van der Waals surface area (Å²) in [5.74, 6) is -1.18. The molecular formula is C26H20F7N2O2+. The van der Waals surface area contributed by atoms with Gasteiger partial charge < -0.3 is 4.74 Å². The smallest absolute Gasteiger partial charge is 0.370 e. The number of pyridine rings is 1. The van der Waals surface area contributed by atoms with Crippen LogP contribution in [0.4, 0.5) is 36.6 Å². The minimum atomic E-state index is -4.99. The first-order chi connectivity index (χ1) is 17.3. The second kappa shape index (κ2) is 9.67. The lowest BCUT2D eigenvalue weighted by molar-refractivity contribution is -0.898. The molecule has 3 atom stereocenters. The monoisotopic (exact) mass is 525 g/mol. The molecule has 11 heteroatoms. The van der Waals surface area contributed by atoms with Crippen LogP contribution >= 0.6 is 0 Å². The van der Waals surface area contributed by atoms with Crippen molar-refractivity contribution in [3.63, 3.8) is 0 Å². The molecule has 4 rings (SSSR count). The van der Waals surface area contributed by atoms with E-state index in [1.165, 1.54) is 37.3 Å². The average Bonchev–Trinajstić information content (AvgIpc) is 2.83. The molecule has 2 aromatic carbocycles. The summed E-state index contributed by atoms with van der Waals surface area (Å²) in [6.45, 7) is 8.57. The van der Waals surface area contributed by atoms with Gasteiger partial charge in [-0.1, -0.05) is 18.2 Å². The third-order valence-corrected chi connectivity index (χ3v) is 6.39. The Morgan fingerprint density at radius 1 is 0.973 bits per heavy atom. The van der Waals surface area contributed by atoms with Crippen LogP contribution in [-0.2, 0) is 23.5 Å². The van der Waals surface area contributed by atoms with Gasteiger partial charge in [0.2, 0.25) is 5.69 Å². The lowest BCUT2D eigenvalue weighted by Gasteiger charge is -2.34. The molecule has 0 radical (unpaired) electrons. The van der Waals surface area contributed by atoms with Crippen molar-refractivity contribution < 1.29 is 45.4 Å². The van der Waals surface area contributed by atoms with Crippen LogP contribution in [0.15, 0.2) is 54.6 Å². The zero-order valence-corrected chi connectivity index (χ0v) is 19.2. The number of aromatic nitrogens is 1. The van der Waals surface area contributed by atoms with Gasteiger partial charge in [-0.05, 0) is 54.8 Å². The Hall–Kier alpha value is -3.65. The van der Waals surface area contributed by atoms with E-state index >= 15 is 0 Å². The normalized spacial score (nSPS) is 18.7. The van der Waals surface area contributed by atoms with Crippen LogP contribution in [0.2, 0.25) is 0 Å². The van der Waals surface area contributed by atoms with E-state index < -0.39 is 47.4 Å². The topological polar surface area (TPSA) is 37.7 Å². The number of alkyl halides is 6. The highest BCUT2D eigenvalue weighted by molar-refractivity contribution is 5.41. The number of nitrogens with zero attached hydrogens (tertiary/aromatic N) is 2. The van der Waals surface area contributed by atoms with E-state index in [1.54, 1.807) is 6.07 Å². The molecule has 1 aliphatic rings. The van der Waals surface area contributed by atoms with Gasteiger partial charge in [-0.15, -0.1) is 0 Å². The van der Waals surface area contributed by atoms with Gasteiger partial charge in [0, 0.05) is 28.7 Å². The Kier molecular flexibility index (Phi) is 6.90. The van der Waals surface area contributed by atoms with E-state index in [-0.39, 0.29) is 30.3 Å². The standard InChI is InChI=1S/C26H20F7N2O2/c1-14(16-11-17(25(28,29)30)13-18(12-16)26(31,32)33)37-22-9-8-21-20(7-10-23(34-2)35(21)36)24(22)15-3-5-19(27)6-4-15/h3-7,10-14,22,24,36H,8-9H2,1H3/q+1/t14-,22+,24+/m1/s1. The lowest BCUT2D eigenvalue weighted by atomic mass is 9.78. The molecule has 194 valence electrons. The minimum Gasteiger partial charge on any atom is -0.370 e. The van der Waals surface area contributed by atoms with Gasteiger partial charge in [-0.3, -0.25) is 5.21 Å². The van der Waals surface area contributed by atoms with Crippen molar-refractivity contribution in [3.05, 3.63) is 105 Å². The van der Waals surface area contributed by atoms with Crippen molar-refractivity contribution in [3.8, 4) is 0 Å². The quantitative estimate of drug-likeness (QED) is 0.170. The molecule has 0 unspecified atom stereocenters. The first-order valence-electron chi connectivity index (χ1n) is 11.1. The number of halogens is 7. The zero-order valence-electron chi connectivity index (χ0n) is 19.2. The number of hydrogen-bond acceptors (Lipinski definition) is 2. The Morgan fingerprint density at radius 2 is 1.57 bits per heavy atom. The van der Waals surface area contributed by atoms with Crippen molar-refractivity contribution in [2.45, 2.75) is 50.2 Å². The minimum absolute atomic E-state index is 0.0343. The van der Waals surface area contributed by atoms with Crippen molar-refractivity contribution in [2.75, 3.05) is 0 Å². The summed E-state index contributed by atoms with van der Waals surface area (Å²) in [6, 6.07) is 9.73. The van der Waals surface area contributed by atoms with Gasteiger partial charge in [0.15, 0.2) is 0 Å². The van der Waals surface area contributed by atoms with Crippen LogP contribution < -0.4 is 4.73 Å². The van der Waals surface area contributed by atoms with Crippen LogP contribution in [-0.4, -0.2) is 11.3 Å². The SMILES string of the molecule is [C-]#[N+]c1ccc2c([n+]1O)CC[C@H](O[C@H](C)c1cc(C(F)(F)F)cc(C(F)(F)F)c1)[C@H]2c1ccc(F)cc1. The highest BCUT2D eigenvalue weighted by Crippen LogP contribution is 2.42. The summed E-state index contributed by atoms with van der Waals surface area (Å²) >= 11 is 0. The second-order valence-electron chi connectivity index (χ2n) is 8.74. The summed E-state index contributed by atoms with van der Waals surface area (Å²) in [7, 11) is 0. The maximum Gasteiger partial charge on any atom is 0.466 e. The van der Waals surface area contributed by atoms with Crippen LogP contribution in [0.3, 0.4) is 0 Å². The Morgan fingerprint density at radius 3 is 2.11 bits per heavy atom. The molecule has 4 nitrogen and oxygen atoms in total. The maximum atomic E-state index is 13.6. The van der Waals surface area contributed by atoms with Gasteiger partial charge >= 0.3 is 18.2 Å². The first-order valence-corrected chi connectivity index (χ1v) is 11.1. The Labute approximate surface area is 207 Å². The summed E-state index contributed by atoms with van der Waals surface area (Å²) in [5, 5.41) is 10.5. The maximum absolute atomic E-state index is 13.6. The predicted octanol–water partition coefficient (Wildman–Crippen LogP) is 7.16. The third kappa shape index (κ3) is 5.39. The average molecular weight is 525 g/mol. The molecule has 1 aromatic heterocycles. The Bertz CT molecular complexity index is 1310. The van der Waals surface area contributed by atoms with Crippen molar-refractivity contribution in [2.24, 2.45) is 0 Å². The fourth-order valence-electron chi connectivity index (χ4n) is 4.62. The number of hydrogen-bond donors (Lipinski definition) is 1. The molecule has 0 saturated carbocycles. The van der Waals surface area contributed by atoms with Gasteiger partial charge in [-0.25, -0.2) is 4.39 Å². The van der Waals surface area contributed by atoms with Crippen LogP contribution in [0.25, 0.3) is 4.85 Å². The summed E-state index contributed by atoms with van der Waals surface area (Å²) in [5.41, 5.74) is -1.66. The van der Waals surface area contributed by atoms with Gasteiger partial charge in [0.1, 0.15) is 12.4 Å². The molecule has 37 heavy (non-hydrogen) atoms. The van der Waals surface area contributed by atoms with E-state index in [0.717, 1.165) is 4.73 Å². The molecular weight excluding hydrogens is 505 g/mol. The molecule has 0 bridgehead atoms. The number of rotatable bonds is 4. The number of ether oxygens (including phenoxy) is 1. The molecule has 0 amide bonds. The molecule has 0 aliphatic heterocycles. The van der Waals surface area contributed by atoms with Gasteiger partial charge in [0.05, 0.1) is 23.3 Å². The number of fused-ring (bicyclic) bond motifs is 1. The number of benzene rings is 2. The molecule has 0 spiro atoms. The first kappa shape index (κ1) is 26.4. The molecule has 1 aliphatic carbocycles. The van der Waals surface area contributed by atoms with E-state index in [0.29, 0.717) is 29.0 Å². The molecule has 0 fully saturated rings. The lowest BCUT2D eigenvalue weighted by Crippen LogP contribution is -2.42. The van der Waals surface area contributed by atoms with Gasteiger partial charge in [-0.2, -0.15) is 31.2 Å². The van der Waals surface area contributed by atoms with E-state index in [2.05, 4.69) is 4.85 Å². The Balaban J connectivity index is 1.75. The van der Waals surface area contributed by atoms with E-state index in [9.17, 15) is 35.9 Å². The highest BCUT2D eigenvalue weighted by Gasteiger charge is 2.40. The third-order valence-electron chi connectivity index (χ3n) is 6.39. The molecule has 1 N–H and O–H groups in total. The van der Waals surface area contributed by atoms with E-state index in [1.807, 2.05) is 0 Å². The fourth-order valence-corrected chi connectivity index (χ4v) is 4.62. The zero-order chi connectivity index (χ0) is 27.1. The van der Waals surface area contributed by atoms with Gasteiger partial charge in [0.25, 0.3) is 0 Å². The molecule has 0 saturated heterocycles. The summed E-state index contributed by atoms with van der Waals surface area (Å²) in [4.78, 5) is 3.25. The highest BCUT2D eigenvalue weighted by atomic mass is 19.4. The molecule has 1 heterocycles. The summed E-state index contributed by atoms with van der Waals surface area (Å²) in [6.07, 6.45) is -11.4. The van der Waals surface area contributed by atoms with Crippen molar-refractivity contribution >= 4 is 5.82 Å². The molecule has 3 aromatic rings. The van der Waals surface area contributed by atoms with Crippen molar-refractivity contribution in [1.29, 1.82) is 0 Å². The summed E-state index contributed by atoms with van der Waals surface area (Å²) < 4.78 is 101. The van der Waals surface area contributed by atoms with Crippen LogP contribution in [0.1, 0.15) is 58.9 Å². The second-order valence-corrected chi connectivity index (χ2v) is 8.74. The largest absolute Gasteiger partial charge is 0.466 e. The fraction of sp³-hybridized carbons (Fsp3) is 0.308. The van der Waals surface area contributed by atoms with Crippen molar-refractivity contribution in [1.82, 2.24) is 0 Å². The predicted molar refractivity (Wildman–Crippen MR) is 116 cm³/mol.